The number of nitrogens with zero attached hydrogens (tertiary/aromatic N) is 1. The van der Waals surface area contributed by atoms with Crippen LogP contribution in [0.3, 0.4) is 0 Å². The quantitative estimate of drug-likeness (QED) is 0.526. The fourth-order valence-electron chi connectivity index (χ4n) is 2.81. The summed E-state index contributed by atoms with van der Waals surface area (Å²) in [5.74, 6) is 0. The van der Waals surface area contributed by atoms with Crippen molar-refractivity contribution in [3.63, 3.8) is 0 Å². The second-order valence-electron chi connectivity index (χ2n) is 5.57. The standard InChI is InChI=1S/C19H15NO2S2/c1-20(19-13-15-8-3-5-11-17(15)23-19)24(21,22)18-12-6-9-14-7-2-4-10-16(14)18/h2-13H,1H3. The van der Waals surface area contributed by atoms with Crippen molar-refractivity contribution in [1.82, 2.24) is 0 Å². The number of fused-ring (bicyclic) bond motifs is 2. The van der Waals surface area contributed by atoms with Gasteiger partial charge in [-0.3, -0.25) is 4.31 Å². The SMILES string of the molecule is CN(c1cc2ccccc2s1)S(=O)(=O)c1cccc2ccccc12. The van der Waals surface area contributed by atoms with Crippen molar-refractivity contribution in [3.8, 4) is 0 Å². The molecule has 24 heavy (non-hydrogen) atoms. The van der Waals surface area contributed by atoms with Gasteiger partial charge in [-0.1, -0.05) is 54.6 Å². The van der Waals surface area contributed by atoms with Crippen molar-refractivity contribution in [2.45, 2.75) is 4.90 Å². The number of rotatable bonds is 3. The van der Waals surface area contributed by atoms with Crippen molar-refractivity contribution >= 4 is 47.2 Å². The molecule has 0 bridgehead atoms. The highest BCUT2D eigenvalue weighted by Gasteiger charge is 2.24. The highest BCUT2D eigenvalue weighted by atomic mass is 32.2. The summed E-state index contributed by atoms with van der Waals surface area (Å²) >= 11 is 1.48. The molecule has 1 heterocycles. The van der Waals surface area contributed by atoms with E-state index >= 15 is 0 Å². The molecule has 0 unspecified atom stereocenters. The topological polar surface area (TPSA) is 37.4 Å². The van der Waals surface area contributed by atoms with Gasteiger partial charge in [0.15, 0.2) is 0 Å². The van der Waals surface area contributed by atoms with Crippen LogP contribution in [0.1, 0.15) is 0 Å². The van der Waals surface area contributed by atoms with Gasteiger partial charge in [-0.15, -0.1) is 11.3 Å². The fraction of sp³-hybridized carbons (Fsp3) is 0.0526. The Morgan fingerprint density at radius 1 is 0.833 bits per heavy atom. The third-order valence-corrected chi connectivity index (χ3v) is 7.25. The van der Waals surface area contributed by atoms with Crippen molar-refractivity contribution in [1.29, 1.82) is 0 Å². The van der Waals surface area contributed by atoms with Crippen molar-refractivity contribution in [2.24, 2.45) is 0 Å². The maximum absolute atomic E-state index is 13.2. The fourth-order valence-corrected chi connectivity index (χ4v) is 5.45. The first-order chi connectivity index (χ1) is 11.6. The summed E-state index contributed by atoms with van der Waals surface area (Å²) in [5, 5.41) is 3.43. The second kappa shape index (κ2) is 5.61. The van der Waals surface area contributed by atoms with Gasteiger partial charge in [-0.2, -0.15) is 0 Å². The number of anilines is 1. The van der Waals surface area contributed by atoms with E-state index in [-0.39, 0.29) is 0 Å². The molecule has 0 aliphatic rings. The van der Waals surface area contributed by atoms with Gasteiger partial charge in [0, 0.05) is 17.1 Å². The van der Waals surface area contributed by atoms with Gasteiger partial charge in [0.2, 0.25) is 0 Å². The molecule has 0 fully saturated rings. The number of sulfonamides is 1. The number of hydrogen-bond donors (Lipinski definition) is 0. The molecule has 0 N–H and O–H groups in total. The molecule has 5 heteroatoms. The maximum atomic E-state index is 13.2. The van der Waals surface area contributed by atoms with Gasteiger partial charge >= 0.3 is 0 Å². The van der Waals surface area contributed by atoms with Crippen LogP contribution < -0.4 is 4.31 Å². The van der Waals surface area contributed by atoms with Crippen LogP contribution in [0.5, 0.6) is 0 Å². The third kappa shape index (κ3) is 2.37. The summed E-state index contributed by atoms with van der Waals surface area (Å²) in [6.07, 6.45) is 0. The summed E-state index contributed by atoms with van der Waals surface area (Å²) in [6.45, 7) is 0. The average molecular weight is 353 g/mol. The predicted octanol–water partition coefficient (Wildman–Crippen LogP) is 4.88. The number of benzene rings is 3. The Morgan fingerprint density at radius 3 is 2.29 bits per heavy atom. The van der Waals surface area contributed by atoms with Gasteiger partial charge in [-0.05, 0) is 29.0 Å². The minimum Gasteiger partial charge on any atom is -0.260 e. The van der Waals surface area contributed by atoms with Crippen molar-refractivity contribution < 1.29 is 8.42 Å². The average Bonchev–Trinajstić information content (AvgIpc) is 3.04. The first-order valence-corrected chi connectivity index (χ1v) is 9.78. The zero-order valence-electron chi connectivity index (χ0n) is 13.0. The summed E-state index contributed by atoms with van der Waals surface area (Å²) < 4.78 is 28.8. The maximum Gasteiger partial charge on any atom is 0.265 e. The molecule has 1 aromatic heterocycles. The van der Waals surface area contributed by atoms with E-state index in [4.69, 9.17) is 0 Å². The molecule has 3 nitrogen and oxygen atoms in total. The smallest absolute Gasteiger partial charge is 0.260 e. The van der Waals surface area contributed by atoms with Crippen LogP contribution in [0.25, 0.3) is 20.9 Å². The molecule has 3 aromatic carbocycles. The third-order valence-electron chi connectivity index (χ3n) is 4.11. The monoisotopic (exact) mass is 353 g/mol. The van der Waals surface area contributed by atoms with Gasteiger partial charge in [0.1, 0.15) is 5.00 Å². The minimum atomic E-state index is -3.62. The van der Waals surface area contributed by atoms with E-state index in [1.807, 2.05) is 60.7 Å². The minimum absolute atomic E-state index is 0.334. The predicted molar refractivity (Wildman–Crippen MR) is 101 cm³/mol. The van der Waals surface area contributed by atoms with Crippen LogP contribution in [-0.4, -0.2) is 15.5 Å². The number of thiophene rings is 1. The van der Waals surface area contributed by atoms with Gasteiger partial charge < -0.3 is 0 Å². The van der Waals surface area contributed by atoms with E-state index < -0.39 is 10.0 Å². The largest absolute Gasteiger partial charge is 0.265 e. The van der Waals surface area contributed by atoms with Crippen LogP contribution in [0.4, 0.5) is 5.00 Å². The zero-order chi connectivity index (χ0) is 16.7. The van der Waals surface area contributed by atoms with E-state index in [1.165, 1.54) is 15.6 Å². The normalized spacial score (nSPS) is 11.9. The van der Waals surface area contributed by atoms with E-state index in [0.29, 0.717) is 9.90 Å². The Morgan fingerprint density at radius 2 is 1.50 bits per heavy atom. The summed E-state index contributed by atoms with van der Waals surface area (Å²) in [4.78, 5) is 0.334. The van der Waals surface area contributed by atoms with Crippen LogP contribution in [0, 0.1) is 0 Å². The lowest BCUT2D eigenvalue weighted by molar-refractivity contribution is 0.595. The Kier molecular flexibility index (Phi) is 3.55. The van der Waals surface area contributed by atoms with Crippen LogP contribution >= 0.6 is 11.3 Å². The summed E-state index contributed by atoms with van der Waals surface area (Å²) in [5.41, 5.74) is 0. The molecule has 0 spiro atoms. The molecule has 0 aliphatic carbocycles. The molecular weight excluding hydrogens is 338 g/mol. The van der Waals surface area contributed by atoms with Crippen LogP contribution in [-0.2, 0) is 10.0 Å². The Balaban J connectivity index is 1.86. The van der Waals surface area contributed by atoms with Crippen molar-refractivity contribution in [2.75, 3.05) is 11.4 Å². The van der Waals surface area contributed by atoms with Gasteiger partial charge in [0.25, 0.3) is 10.0 Å². The highest BCUT2D eigenvalue weighted by molar-refractivity contribution is 7.93. The molecule has 120 valence electrons. The molecular formula is C19H15NO2S2. The molecule has 0 amide bonds. The second-order valence-corrected chi connectivity index (χ2v) is 8.57. The van der Waals surface area contributed by atoms with Gasteiger partial charge in [0.05, 0.1) is 4.90 Å². The lowest BCUT2D eigenvalue weighted by Gasteiger charge is -2.18. The van der Waals surface area contributed by atoms with E-state index in [1.54, 1.807) is 19.2 Å². The van der Waals surface area contributed by atoms with Crippen molar-refractivity contribution in [3.05, 3.63) is 72.8 Å². The molecule has 4 aromatic rings. The van der Waals surface area contributed by atoms with E-state index in [0.717, 1.165) is 20.9 Å². The Bertz CT molecular complexity index is 1110. The molecule has 0 atom stereocenters. The highest BCUT2D eigenvalue weighted by Crippen LogP contribution is 2.35. The van der Waals surface area contributed by atoms with E-state index in [9.17, 15) is 8.42 Å². The lowest BCUT2D eigenvalue weighted by Crippen LogP contribution is -2.25. The van der Waals surface area contributed by atoms with Crippen LogP contribution in [0.2, 0.25) is 0 Å². The zero-order valence-corrected chi connectivity index (χ0v) is 14.6. The van der Waals surface area contributed by atoms with E-state index in [2.05, 4.69) is 0 Å². The summed E-state index contributed by atoms with van der Waals surface area (Å²) in [7, 11) is -2.01. The molecule has 0 aliphatic heterocycles. The first-order valence-electron chi connectivity index (χ1n) is 7.53. The molecule has 0 saturated heterocycles. The number of hydrogen-bond acceptors (Lipinski definition) is 3. The van der Waals surface area contributed by atoms with Gasteiger partial charge in [-0.25, -0.2) is 8.42 Å². The first kappa shape index (κ1) is 15.2. The molecule has 0 saturated carbocycles. The Hall–Kier alpha value is -2.37. The molecule has 4 rings (SSSR count). The summed E-state index contributed by atoms with van der Waals surface area (Å²) in [6, 6.07) is 22.8. The van der Waals surface area contributed by atoms with Crippen LogP contribution in [0.15, 0.2) is 77.7 Å². The lowest BCUT2D eigenvalue weighted by atomic mass is 10.1. The Labute approximate surface area is 144 Å². The molecule has 0 radical (unpaired) electrons.